The Morgan fingerprint density at radius 3 is 2.16 bits per heavy atom. The second-order valence-corrected chi connectivity index (χ2v) is 5.20. The average molecular weight is 325 g/mol. The zero-order valence-electron chi connectivity index (χ0n) is 10.6. The number of hydrogen-bond donors (Lipinski definition) is 0. The topological polar surface area (TPSA) is 52.6 Å². The molecule has 4 nitrogen and oxygen atoms in total. The van der Waals surface area contributed by atoms with E-state index in [4.69, 9.17) is 9.47 Å². The SMILES string of the molecule is COC(=O)C1(C(=O)OC)C/C1=C/c1ccc(Br)cc1. The number of methoxy groups -OCH3 is 2. The minimum atomic E-state index is -1.24. The molecule has 0 spiro atoms. The molecule has 0 aromatic heterocycles. The Morgan fingerprint density at radius 2 is 1.68 bits per heavy atom. The summed E-state index contributed by atoms with van der Waals surface area (Å²) < 4.78 is 10.4. The summed E-state index contributed by atoms with van der Waals surface area (Å²) in [5.74, 6) is -1.13. The van der Waals surface area contributed by atoms with Crippen LogP contribution >= 0.6 is 15.9 Å². The minimum Gasteiger partial charge on any atom is -0.468 e. The molecule has 1 aliphatic carbocycles. The van der Waals surface area contributed by atoms with Crippen LogP contribution in [0.1, 0.15) is 12.0 Å². The maximum Gasteiger partial charge on any atom is 0.327 e. The lowest BCUT2D eigenvalue weighted by atomic mass is 10.1. The van der Waals surface area contributed by atoms with Gasteiger partial charge in [0, 0.05) is 10.9 Å². The highest BCUT2D eigenvalue weighted by Crippen LogP contribution is 2.54. The van der Waals surface area contributed by atoms with Crippen LogP contribution in [0.5, 0.6) is 0 Å². The number of hydrogen-bond acceptors (Lipinski definition) is 4. The van der Waals surface area contributed by atoms with Gasteiger partial charge in [-0.25, -0.2) is 0 Å². The molecular formula is C14H13BrO4. The lowest BCUT2D eigenvalue weighted by Gasteiger charge is -2.09. The largest absolute Gasteiger partial charge is 0.468 e. The maximum atomic E-state index is 11.8. The van der Waals surface area contributed by atoms with Gasteiger partial charge in [-0.3, -0.25) is 9.59 Å². The Kier molecular flexibility index (Phi) is 3.75. The van der Waals surface area contributed by atoms with Gasteiger partial charge < -0.3 is 9.47 Å². The van der Waals surface area contributed by atoms with Gasteiger partial charge in [0.15, 0.2) is 5.41 Å². The van der Waals surface area contributed by atoms with E-state index < -0.39 is 17.4 Å². The highest BCUT2D eigenvalue weighted by Gasteiger charge is 2.64. The molecule has 100 valence electrons. The van der Waals surface area contributed by atoms with Gasteiger partial charge in [-0.2, -0.15) is 0 Å². The molecule has 2 rings (SSSR count). The molecule has 1 aromatic rings. The first kappa shape index (κ1) is 13.8. The van der Waals surface area contributed by atoms with Crippen LogP contribution in [0.15, 0.2) is 34.3 Å². The van der Waals surface area contributed by atoms with E-state index in [0.29, 0.717) is 12.0 Å². The summed E-state index contributed by atoms with van der Waals surface area (Å²) in [6, 6.07) is 7.59. The van der Waals surface area contributed by atoms with Crippen molar-refractivity contribution < 1.29 is 19.1 Å². The van der Waals surface area contributed by atoms with Crippen LogP contribution in [0.25, 0.3) is 6.08 Å². The van der Waals surface area contributed by atoms with Crippen molar-refractivity contribution in [1.29, 1.82) is 0 Å². The molecule has 19 heavy (non-hydrogen) atoms. The minimum absolute atomic E-state index is 0.350. The van der Waals surface area contributed by atoms with Crippen LogP contribution in [0.2, 0.25) is 0 Å². The van der Waals surface area contributed by atoms with Gasteiger partial charge in [-0.15, -0.1) is 0 Å². The first-order chi connectivity index (χ1) is 9.04. The second-order valence-electron chi connectivity index (χ2n) is 4.29. The molecule has 0 N–H and O–H groups in total. The Hall–Kier alpha value is -1.62. The molecule has 0 heterocycles. The lowest BCUT2D eigenvalue weighted by Crippen LogP contribution is -2.28. The lowest BCUT2D eigenvalue weighted by molar-refractivity contribution is -0.160. The monoisotopic (exact) mass is 324 g/mol. The van der Waals surface area contributed by atoms with Gasteiger partial charge in [0.05, 0.1) is 14.2 Å². The van der Waals surface area contributed by atoms with E-state index in [1.54, 1.807) is 0 Å². The standard InChI is InChI=1S/C14H13BrO4/c1-18-12(16)14(13(17)19-2)8-10(14)7-9-3-5-11(15)6-4-9/h3-7H,8H2,1-2H3/b10-7-. The summed E-state index contributed by atoms with van der Waals surface area (Å²) in [5, 5.41) is 0. The van der Waals surface area contributed by atoms with Crippen LogP contribution in [0, 0.1) is 5.41 Å². The molecule has 0 aliphatic heterocycles. The number of benzene rings is 1. The number of carbonyl (C=O) groups excluding carboxylic acids is 2. The summed E-state index contributed by atoms with van der Waals surface area (Å²) in [7, 11) is 2.53. The fourth-order valence-corrected chi connectivity index (χ4v) is 2.28. The number of esters is 2. The van der Waals surface area contributed by atoms with Crippen molar-refractivity contribution in [1.82, 2.24) is 0 Å². The molecule has 0 atom stereocenters. The fraction of sp³-hybridized carbons (Fsp3) is 0.286. The molecule has 0 radical (unpaired) electrons. The summed E-state index contributed by atoms with van der Waals surface area (Å²) in [6.45, 7) is 0. The first-order valence-corrected chi connectivity index (χ1v) is 6.47. The van der Waals surface area contributed by atoms with E-state index in [1.165, 1.54) is 14.2 Å². The average Bonchev–Trinajstić information content (AvgIpc) is 3.15. The molecule has 1 fully saturated rings. The highest BCUT2D eigenvalue weighted by atomic mass is 79.9. The van der Waals surface area contributed by atoms with Gasteiger partial charge in [-0.1, -0.05) is 34.1 Å². The summed E-state index contributed by atoms with van der Waals surface area (Å²) in [5.41, 5.74) is 0.401. The number of halogens is 1. The molecule has 0 amide bonds. The van der Waals surface area contributed by atoms with Crippen LogP contribution in [-0.4, -0.2) is 26.2 Å². The summed E-state index contributed by atoms with van der Waals surface area (Å²) in [4.78, 5) is 23.6. The second kappa shape index (κ2) is 5.17. The van der Waals surface area contributed by atoms with Crippen molar-refractivity contribution in [3.63, 3.8) is 0 Å². The smallest absolute Gasteiger partial charge is 0.327 e. The Balaban J connectivity index is 2.30. The quantitative estimate of drug-likeness (QED) is 0.633. The summed E-state index contributed by atoms with van der Waals surface area (Å²) in [6.07, 6.45) is 2.17. The van der Waals surface area contributed by atoms with Crippen molar-refractivity contribution in [3.05, 3.63) is 39.9 Å². The Bertz CT molecular complexity index is 529. The van der Waals surface area contributed by atoms with E-state index in [2.05, 4.69) is 15.9 Å². The zero-order valence-corrected chi connectivity index (χ0v) is 12.2. The van der Waals surface area contributed by atoms with Crippen molar-refractivity contribution in [3.8, 4) is 0 Å². The third kappa shape index (κ3) is 2.42. The van der Waals surface area contributed by atoms with E-state index in [-0.39, 0.29) is 0 Å². The van der Waals surface area contributed by atoms with Gasteiger partial charge >= 0.3 is 11.9 Å². The van der Waals surface area contributed by atoms with Gasteiger partial charge in [0.2, 0.25) is 0 Å². The Morgan fingerprint density at radius 1 is 1.16 bits per heavy atom. The highest BCUT2D eigenvalue weighted by molar-refractivity contribution is 9.10. The molecular weight excluding hydrogens is 312 g/mol. The molecule has 1 aliphatic rings. The molecule has 0 bridgehead atoms. The maximum absolute atomic E-state index is 11.8. The zero-order chi connectivity index (χ0) is 14.0. The predicted molar refractivity (Wildman–Crippen MR) is 73.2 cm³/mol. The van der Waals surface area contributed by atoms with Gasteiger partial charge in [-0.05, 0) is 23.3 Å². The first-order valence-electron chi connectivity index (χ1n) is 5.68. The van der Waals surface area contributed by atoms with E-state index >= 15 is 0 Å². The van der Waals surface area contributed by atoms with Crippen molar-refractivity contribution >= 4 is 33.9 Å². The van der Waals surface area contributed by atoms with Crippen molar-refractivity contribution in [2.75, 3.05) is 14.2 Å². The molecule has 5 heteroatoms. The van der Waals surface area contributed by atoms with Crippen LogP contribution in [-0.2, 0) is 19.1 Å². The van der Waals surface area contributed by atoms with Crippen molar-refractivity contribution in [2.24, 2.45) is 5.41 Å². The number of carbonyl (C=O) groups is 2. The number of ether oxygens (including phenoxy) is 2. The Labute approximate surface area is 119 Å². The van der Waals surface area contributed by atoms with Crippen molar-refractivity contribution in [2.45, 2.75) is 6.42 Å². The third-order valence-electron chi connectivity index (χ3n) is 3.16. The predicted octanol–water partition coefficient (Wildman–Crippen LogP) is 2.57. The normalized spacial score (nSPS) is 17.9. The summed E-state index contributed by atoms with van der Waals surface area (Å²) >= 11 is 3.35. The number of rotatable bonds is 3. The van der Waals surface area contributed by atoms with Gasteiger partial charge in [0.1, 0.15) is 0 Å². The van der Waals surface area contributed by atoms with Gasteiger partial charge in [0.25, 0.3) is 0 Å². The molecule has 1 saturated carbocycles. The fourth-order valence-electron chi connectivity index (χ4n) is 2.01. The molecule has 0 unspecified atom stereocenters. The van der Waals surface area contributed by atoms with Crippen LogP contribution in [0.4, 0.5) is 0 Å². The molecule has 1 aromatic carbocycles. The van der Waals surface area contributed by atoms with E-state index in [0.717, 1.165) is 10.0 Å². The van der Waals surface area contributed by atoms with E-state index in [9.17, 15) is 9.59 Å². The van der Waals surface area contributed by atoms with Crippen LogP contribution in [0.3, 0.4) is 0 Å². The third-order valence-corrected chi connectivity index (χ3v) is 3.69. The molecule has 0 saturated heterocycles. The van der Waals surface area contributed by atoms with E-state index in [1.807, 2.05) is 30.3 Å². The van der Waals surface area contributed by atoms with Crippen LogP contribution < -0.4 is 0 Å².